The molecule has 1 fully saturated rings. The molecule has 0 N–H and O–H groups in total. The highest BCUT2D eigenvalue weighted by Crippen LogP contribution is 2.36. The number of benzene rings is 3. The van der Waals surface area contributed by atoms with E-state index >= 15 is 0 Å². The van der Waals surface area contributed by atoms with Gasteiger partial charge in [-0.2, -0.15) is 0 Å². The van der Waals surface area contributed by atoms with Crippen molar-refractivity contribution < 1.29 is 0 Å². The van der Waals surface area contributed by atoms with Crippen LogP contribution in [-0.4, -0.2) is 22.9 Å². The molecule has 3 aromatic rings. The third-order valence-corrected chi connectivity index (χ3v) is 6.28. The summed E-state index contributed by atoms with van der Waals surface area (Å²) in [7, 11) is 0. The van der Waals surface area contributed by atoms with E-state index in [0.29, 0.717) is 0 Å². The largest absolute Gasteiger partial charge is 0.280 e. The van der Waals surface area contributed by atoms with Crippen molar-refractivity contribution in [2.45, 2.75) is 32.6 Å². The number of rotatable bonds is 5. The molecule has 1 atom stereocenters. The van der Waals surface area contributed by atoms with Crippen molar-refractivity contribution in [3.05, 3.63) is 105 Å². The van der Waals surface area contributed by atoms with Gasteiger partial charge < -0.3 is 0 Å². The van der Waals surface area contributed by atoms with Crippen LogP contribution in [0, 0.1) is 6.92 Å². The Kier molecular flexibility index (Phi) is 6.56. The Hall–Kier alpha value is -1.84. The van der Waals surface area contributed by atoms with Gasteiger partial charge >= 0.3 is 0 Å². The van der Waals surface area contributed by atoms with Gasteiger partial charge in [-0.15, -0.1) is 0 Å². The van der Waals surface area contributed by atoms with Crippen LogP contribution in [0.2, 0.25) is 10.0 Å². The minimum absolute atomic E-state index is 0.120. The predicted molar refractivity (Wildman–Crippen MR) is 122 cm³/mol. The van der Waals surface area contributed by atoms with Crippen LogP contribution in [0.3, 0.4) is 0 Å². The van der Waals surface area contributed by atoms with E-state index in [0.717, 1.165) is 53.8 Å². The van der Waals surface area contributed by atoms with Crippen LogP contribution < -0.4 is 0 Å². The van der Waals surface area contributed by atoms with E-state index in [1.54, 1.807) is 0 Å². The van der Waals surface area contributed by atoms with Gasteiger partial charge in [0, 0.05) is 41.8 Å². The molecule has 29 heavy (non-hydrogen) atoms. The van der Waals surface area contributed by atoms with Crippen molar-refractivity contribution in [2.24, 2.45) is 0 Å². The number of hydrogen-bond donors (Lipinski definition) is 0. The molecule has 0 spiro atoms. The Labute approximate surface area is 183 Å². The third-order valence-electron chi connectivity index (χ3n) is 5.57. The van der Waals surface area contributed by atoms with Gasteiger partial charge in [0.1, 0.15) is 0 Å². The maximum Gasteiger partial charge on any atom is 0.0906 e. The first-order chi connectivity index (χ1) is 14.1. The number of halogens is 2. The average molecular weight is 425 g/mol. The van der Waals surface area contributed by atoms with E-state index in [2.05, 4.69) is 65.3 Å². The summed E-state index contributed by atoms with van der Waals surface area (Å²) in [5.74, 6) is 0. The number of nitrogens with zero attached hydrogens (tertiary/aromatic N) is 2. The summed E-state index contributed by atoms with van der Waals surface area (Å²) in [5, 5.41) is 1.64. The molecule has 0 aromatic heterocycles. The second kappa shape index (κ2) is 9.32. The second-order valence-corrected chi connectivity index (χ2v) is 8.58. The van der Waals surface area contributed by atoms with E-state index in [1.807, 2.05) is 24.3 Å². The molecule has 0 radical (unpaired) electrons. The number of hydrogen-bond acceptors (Lipinski definition) is 2. The van der Waals surface area contributed by atoms with Crippen LogP contribution in [-0.2, 0) is 13.1 Å². The molecule has 1 aliphatic heterocycles. The fraction of sp³-hybridized carbons (Fsp3) is 0.280. The maximum absolute atomic E-state index is 6.67. The topological polar surface area (TPSA) is 6.48 Å². The summed E-state index contributed by atoms with van der Waals surface area (Å²) in [6.07, 6.45) is 1.24. The van der Waals surface area contributed by atoms with Gasteiger partial charge in [-0.05, 0) is 36.6 Å². The highest BCUT2D eigenvalue weighted by molar-refractivity contribution is 6.31. The highest BCUT2D eigenvalue weighted by Gasteiger charge is 2.32. The lowest BCUT2D eigenvalue weighted by Gasteiger charge is -2.44. The van der Waals surface area contributed by atoms with Crippen LogP contribution in [0.5, 0.6) is 0 Å². The quantitative estimate of drug-likeness (QED) is 0.448. The first kappa shape index (κ1) is 20.4. The molecule has 0 bridgehead atoms. The number of aryl methyl sites for hydroxylation is 1. The van der Waals surface area contributed by atoms with Gasteiger partial charge in [-0.1, -0.05) is 89.4 Å². The van der Waals surface area contributed by atoms with Crippen molar-refractivity contribution in [3.63, 3.8) is 0 Å². The Morgan fingerprint density at radius 3 is 2.21 bits per heavy atom. The van der Waals surface area contributed by atoms with Gasteiger partial charge in [-0.3, -0.25) is 9.80 Å². The van der Waals surface area contributed by atoms with E-state index in [-0.39, 0.29) is 6.17 Å². The van der Waals surface area contributed by atoms with E-state index in [4.69, 9.17) is 23.2 Å². The zero-order valence-electron chi connectivity index (χ0n) is 16.7. The summed E-state index contributed by atoms with van der Waals surface area (Å²) >= 11 is 13.2. The molecule has 3 aromatic carbocycles. The van der Waals surface area contributed by atoms with Crippen molar-refractivity contribution in [1.29, 1.82) is 0 Å². The molecule has 1 aliphatic rings. The first-order valence-corrected chi connectivity index (χ1v) is 10.9. The van der Waals surface area contributed by atoms with Gasteiger partial charge in [-0.25, -0.2) is 0 Å². The lowest BCUT2D eigenvalue weighted by atomic mass is 10.0. The average Bonchev–Trinajstić information content (AvgIpc) is 2.71. The molecular weight excluding hydrogens is 399 g/mol. The molecule has 4 heteroatoms. The molecule has 2 nitrogen and oxygen atoms in total. The third kappa shape index (κ3) is 4.84. The van der Waals surface area contributed by atoms with Crippen molar-refractivity contribution in [1.82, 2.24) is 9.80 Å². The first-order valence-electron chi connectivity index (χ1n) is 10.1. The molecule has 0 amide bonds. The molecular formula is C25H26Cl2N2. The molecule has 1 heterocycles. The summed E-state index contributed by atoms with van der Waals surface area (Å²) in [6.45, 7) is 5.92. The minimum Gasteiger partial charge on any atom is -0.280 e. The normalized spacial score (nSPS) is 18.1. The Bertz CT molecular complexity index is 972. The fourth-order valence-corrected chi connectivity index (χ4v) is 4.68. The van der Waals surface area contributed by atoms with Gasteiger partial charge in [0.2, 0.25) is 0 Å². The summed E-state index contributed by atoms with van der Waals surface area (Å²) in [4.78, 5) is 5.04. The predicted octanol–water partition coefficient (Wildman–Crippen LogP) is 6.71. The molecule has 150 valence electrons. The Balaban J connectivity index is 1.68. The van der Waals surface area contributed by atoms with Crippen LogP contribution in [0.1, 0.15) is 34.8 Å². The zero-order valence-corrected chi connectivity index (χ0v) is 18.2. The fourth-order valence-electron chi connectivity index (χ4n) is 4.25. The van der Waals surface area contributed by atoms with Crippen molar-refractivity contribution in [2.75, 3.05) is 13.1 Å². The lowest BCUT2D eigenvalue weighted by Crippen LogP contribution is -2.47. The van der Waals surface area contributed by atoms with Crippen LogP contribution >= 0.6 is 23.2 Å². The molecule has 4 rings (SSSR count). The summed E-state index contributed by atoms with van der Waals surface area (Å²) in [6, 6.07) is 25.1. The second-order valence-electron chi connectivity index (χ2n) is 7.77. The molecule has 0 saturated carbocycles. The highest BCUT2D eigenvalue weighted by atomic mass is 35.5. The van der Waals surface area contributed by atoms with Gasteiger partial charge in [0.15, 0.2) is 0 Å². The monoisotopic (exact) mass is 424 g/mol. The van der Waals surface area contributed by atoms with Crippen LogP contribution in [0.15, 0.2) is 72.8 Å². The molecule has 0 aliphatic carbocycles. The van der Waals surface area contributed by atoms with Crippen molar-refractivity contribution in [3.8, 4) is 0 Å². The Morgan fingerprint density at radius 1 is 0.793 bits per heavy atom. The van der Waals surface area contributed by atoms with Gasteiger partial charge in [0.25, 0.3) is 0 Å². The minimum atomic E-state index is 0.120. The van der Waals surface area contributed by atoms with Crippen LogP contribution in [0.4, 0.5) is 0 Å². The van der Waals surface area contributed by atoms with Crippen molar-refractivity contribution >= 4 is 23.2 Å². The maximum atomic E-state index is 6.67. The lowest BCUT2D eigenvalue weighted by molar-refractivity contribution is -0.00901. The Morgan fingerprint density at radius 2 is 1.48 bits per heavy atom. The molecule has 0 unspecified atom stereocenters. The smallest absolute Gasteiger partial charge is 0.0906 e. The van der Waals surface area contributed by atoms with E-state index in [9.17, 15) is 0 Å². The summed E-state index contributed by atoms with van der Waals surface area (Å²) in [5.41, 5.74) is 4.94. The SMILES string of the molecule is Cc1cccc(CN2CCCN(Cc3ccccc3Cl)[C@H]2c2ccccc2Cl)c1. The van der Waals surface area contributed by atoms with Crippen LogP contribution in [0.25, 0.3) is 0 Å². The molecule has 1 saturated heterocycles. The van der Waals surface area contributed by atoms with E-state index in [1.165, 1.54) is 11.1 Å². The van der Waals surface area contributed by atoms with Gasteiger partial charge in [0.05, 0.1) is 6.17 Å². The zero-order chi connectivity index (χ0) is 20.2. The summed E-state index contributed by atoms with van der Waals surface area (Å²) < 4.78 is 0. The standard InChI is InChI=1S/C25H26Cl2N2/c1-19-8-6-9-20(16-19)17-28-14-7-15-29(18-21-10-2-4-12-23(21)26)25(28)22-11-3-5-13-24(22)27/h2-6,8-13,16,25H,7,14-15,17-18H2,1H3/t25-/m0/s1. The van der Waals surface area contributed by atoms with E-state index < -0.39 is 0 Å².